The van der Waals surface area contributed by atoms with Crippen LogP contribution >= 0.6 is 0 Å². The Bertz CT molecular complexity index is 529. The van der Waals surface area contributed by atoms with E-state index in [1.807, 2.05) is 4.90 Å². The highest BCUT2D eigenvalue weighted by atomic mass is 16.5. The Labute approximate surface area is 130 Å². The number of carbonyl (C=O) groups excluding carboxylic acids is 1. The lowest BCUT2D eigenvalue weighted by Crippen LogP contribution is -2.53. The van der Waals surface area contributed by atoms with E-state index < -0.39 is 0 Å². The van der Waals surface area contributed by atoms with Crippen molar-refractivity contribution in [1.82, 2.24) is 14.8 Å². The van der Waals surface area contributed by atoms with Crippen molar-refractivity contribution in [3.8, 4) is 5.88 Å². The SMILES string of the molecule is COc1ncccc1C(=O)N1CCN([C@H]2CCC[C@H]2O)CC1. The first kappa shape index (κ1) is 15.2. The normalized spacial score (nSPS) is 26.2. The van der Waals surface area contributed by atoms with Gasteiger partial charge in [0.1, 0.15) is 5.56 Å². The highest BCUT2D eigenvalue weighted by Gasteiger charge is 2.33. The van der Waals surface area contributed by atoms with E-state index in [0.29, 0.717) is 24.5 Å². The van der Waals surface area contributed by atoms with Gasteiger partial charge in [-0.2, -0.15) is 0 Å². The first-order valence-corrected chi connectivity index (χ1v) is 7.91. The van der Waals surface area contributed by atoms with Crippen molar-refractivity contribution in [3.63, 3.8) is 0 Å². The van der Waals surface area contributed by atoms with E-state index in [4.69, 9.17) is 4.74 Å². The molecule has 0 aromatic carbocycles. The molecule has 120 valence electrons. The maximum Gasteiger partial charge on any atom is 0.259 e. The maximum absolute atomic E-state index is 12.6. The van der Waals surface area contributed by atoms with E-state index in [1.54, 1.807) is 18.3 Å². The zero-order valence-corrected chi connectivity index (χ0v) is 12.9. The Hall–Kier alpha value is -1.66. The molecule has 1 aromatic heterocycles. The smallest absolute Gasteiger partial charge is 0.259 e. The summed E-state index contributed by atoms with van der Waals surface area (Å²) >= 11 is 0. The molecule has 6 heteroatoms. The standard InChI is InChI=1S/C16H23N3O3/c1-22-15-12(4-3-7-17-15)16(21)19-10-8-18(9-11-19)13-5-2-6-14(13)20/h3-4,7,13-14,20H,2,5-6,8-11H2,1H3/t13-,14+/m0/s1. The number of ether oxygens (including phenoxy) is 1. The van der Waals surface area contributed by atoms with Crippen LogP contribution in [0.25, 0.3) is 0 Å². The van der Waals surface area contributed by atoms with E-state index in [2.05, 4.69) is 9.88 Å². The van der Waals surface area contributed by atoms with Crippen LogP contribution < -0.4 is 4.74 Å². The zero-order valence-electron chi connectivity index (χ0n) is 12.9. The van der Waals surface area contributed by atoms with Gasteiger partial charge >= 0.3 is 0 Å². The van der Waals surface area contributed by atoms with Crippen LogP contribution in [0.3, 0.4) is 0 Å². The van der Waals surface area contributed by atoms with Gasteiger partial charge < -0.3 is 14.7 Å². The Morgan fingerprint density at radius 1 is 1.32 bits per heavy atom. The fraction of sp³-hybridized carbons (Fsp3) is 0.625. The molecule has 1 amide bonds. The molecular formula is C16H23N3O3. The van der Waals surface area contributed by atoms with Crippen LogP contribution in [0.15, 0.2) is 18.3 Å². The van der Waals surface area contributed by atoms with Gasteiger partial charge in [-0.05, 0) is 31.4 Å². The van der Waals surface area contributed by atoms with Crippen molar-refractivity contribution in [2.45, 2.75) is 31.4 Å². The summed E-state index contributed by atoms with van der Waals surface area (Å²) in [6, 6.07) is 3.77. The number of amides is 1. The molecule has 6 nitrogen and oxygen atoms in total. The lowest BCUT2D eigenvalue weighted by molar-refractivity contribution is 0.0314. The van der Waals surface area contributed by atoms with Crippen LogP contribution in [0.5, 0.6) is 5.88 Å². The molecule has 2 aliphatic rings. The number of piperazine rings is 1. The second-order valence-corrected chi connectivity index (χ2v) is 5.95. The predicted octanol–water partition coefficient (Wildman–Crippen LogP) is 0.761. The van der Waals surface area contributed by atoms with E-state index in [9.17, 15) is 9.90 Å². The van der Waals surface area contributed by atoms with Crippen LogP contribution in [0, 0.1) is 0 Å². The van der Waals surface area contributed by atoms with Crippen LogP contribution in [-0.2, 0) is 0 Å². The molecule has 1 aliphatic heterocycles. The molecule has 1 saturated carbocycles. The average Bonchev–Trinajstić information content (AvgIpc) is 3.00. The lowest BCUT2D eigenvalue weighted by atomic mass is 10.1. The zero-order chi connectivity index (χ0) is 15.5. The van der Waals surface area contributed by atoms with Crippen molar-refractivity contribution in [2.75, 3.05) is 33.3 Å². The number of aliphatic hydroxyl groups excluding tert-OH is 1. The molecule has 0 unspecified atom stereocenters. The summed E-state index contributed by atoms with van der Waals surface area (Å²) in [4.78, 5) is 20.9. The first-order valence-electron chi connectivity index (χ1n) is 7.91. The highest BCUT2D eigenvalue weighted by molar-refractivity contribution is 5.96. The third kappa shape index (κ3) is 2.94. The summed E-state index contributed by atoms with van der Waals surface area (Å²) in [5.41, 5.74) is 0.513. The molecule has 0 bridgehead atoms. The molecule has 3 rings (SSSR count). The molecule has 1 saturated heterocycles. The minimum atomic E-state index is -0.208. The third-order valence-corrected chi connectivity index (χ3v) is 4.71. The molecule has 22 heavy (non-hydrogen) atoms. The topological polar surface area (TPSA) is 65.9 Å². The Kier molecular flexibility index (Phi) is 4.59. The number of aromatic nitrogens is 1. The van der Waals surface area contributed by atoms with Gasteiger partial charge in [-0.15, -0.1) is 0 Å². The first-order chi connectivity index (χ1) is 10.7. The molecule has 1 aliphatic carbocycles. The number of hydrogen-bond donors (Lipinski definition) is 1. The second-order valence-electron chi connectivity index (χ2n) is 5.95. The Morgan fingerprint density at radius 3 is 2.73 bits per heavy atom. The van der Waals surface area contributed by atoms with E-state index in [0.717, 1.165) is 32.4 Å². The fourth-order valence-corrected chi connectivity index (χ4v) is 3.49. The van der Waals surface area contributed by atoms with Crippen molar-refractivity contribution >= 4 is 5.91 Å². The average molecular weight is 305 g/mol. The number of nitrogens with zero attached hydrogens (tertiary/aromatic N) is 3. The summed E-state index contributed by atoms with van der Waals surface area (Å²) in [6.45, 7) is 2.99. The number of rotatable bonds is 3. The summed E-state index contributed by atoms with van der Waals surface area (Å²) in [5, 5.41) is 10.0. The van der Waals surface area contributed by atoms with Gasteiger partial charge in [0.05, 0.1) is 13.2 Å². The summed E-state index contributed by atoms with van der Waals surface area (Å²) in [5.74, 6) is 0.345. The van der Waals surface area contributed by atoms with Gasteiger partial charge in [-0.25, -0.2) is 4.98 Å². The van der Waals surface area contributed by atoms with Gasteiger partial charge in [0.2, 0.25) is 5.88 Å². The minimum Gasteiger partial charge on any atom is -0.480 e. The molecule has 2 heterocycles. The monoisotopic (exact) mass is 305 g/mol. The summed E-state index contributed by atoms with van der Waals surface area (Å²) in [7, 11) is 1.53. The Morgan fingerprint density at radius 2 is 2.09 bits per heavy atom. The fourth-order valence-electron chi connectivity index (χ4n) is 3.49. The maximum atomic E-state index is 12.6. The number of carbonyl (C=O) groups is 1. The molecule has 0 spiro atoms. The highest BCUT2D eigenvalue weighted by Crippen LogP contribution is 2.25. The van der Waals surface area contributed by atoms with Gasteiger partial charge in [0.25, 0.3) is 5.91 Å². The number of aliphatic hydroxyl groups is 1. The Balaban J connectivity index is 1.62. The van der Waals surface area contributed by atoms with Crippen molar-refractivity contribution in [1.29, 1.82) is 0 Å². The minimum absolute atomic E-state index is 0.0310. The molecule has 2 atom stereocenters. The second kappa shape index (κ2) is 6.62. The predicted molar refractivity (Wildman–Crippen MR) is 81.9 cm³/mol. The quantitative estimate of drug-likeness (QED) is 0.893. The van der Waals surface area contributed by atoms with Gasteiger partial charge in [-0.3, -0.25) is 9.69 Å². The van der Waals surface area contributed by atoms with Crippen LogP contribution in [-0.4, -0.2) is 71.2 Å². The number of methoxy groups -OCH3 is 1. The van der Waals surface area contributed by atoms with Crippen molar-refractivity contribution < 1.29 is 14.6 Å². The van der Waals surface area contributed by atoms with Gasteiger partial charge in [0, 0.05) is 38.4 Å². The van der Waals surface area contributed by atoms with Gasteiger partial charge in [0.15, 0.2) is 0 Å². The van der Waals surface area contributed by atoms with Crippen molar-refractivity contribution in [3.05, 3.63) is 23.9 Å². The number of hydrogen-bond acceptors (Lipinski definition) is 5. The lowest BCUT2D eigenvalue weighted by Gasteiger charge is -2.39. The molecular weight excluding hydrogens is 282 g/mol. The molecule has 2 fully saturated rings. The van der Waals surface area contributed by atoms with Crippen LogP contribution in [0.4, 0.5) is 0 Å². The largest absolute Gasteiger partial charge is 0.480 e. The van der Waals surface area contributed by atoms with E-state index >= 15 is 0 Å². The van der Waals surface area contributed by atoms with Gasteiger partial charge in [-0.1, -0.05) is 0 Å². The molecule has 1 aromatic rings. The summed E-state index contributed by atoms with van der Waals surface area (Å²) in [6.07, 6.45) is 4.47. The number of pyridine rings is 1. The van der Waals surface area contributed by atoms with Crippen molar-refractivity contribution in [2.24, 2.45) is 0 Å². The van der Waals surface area contributed by atoms with Crippen LogP contribution in [0.1, 0.15) is 29.6 Å². The summed E-state index contributed by atoms with van der Waals surface area (Å²) < 4.78 is 5.17. The van der Waals surface area contributed by atoms with E-state index in [-0.39, 0.29) is 18.1 Å². The molecule has 1 N–H and O–H groups in total. The van der Waals surface area contributed by atoms with E-state index in [1.165, 1.54) is 7.11 Å². The third-order valence-electron chi connectivity index (χ3n) is 4.71. The molecule has 0 radical (unpaired) electrons. The van der Waals surface area contributed by atoms with Crippen LogP contribution in [0.2, 0.25) is 0 Å².